The first-order chi connectivity index (χ1) is 9.24. The lowest BCUT2D eigenvalue weighted by atomic mass is 10.1. The number of nitrogens with zero attached hydrogens (tertiary/aromatic N) is 2. The van der Waals surface area contributed by atoms with Gasteiger partial charge in [-0.05, 0) is 19.1 Å². The van der Waals surface area contributed by atoms with Gasteiger partial charge in [0, 0.05) is 28.3 Å². The van der Waals surface area contributed by atoms with Gasteiger partial charge in [0.05, 0.1) is 17.7 Å². The molecule has 0 fully saturated rings. The molecule has 0 bridgehead atoms. The Morgan fingerprint density at radius 3 is 3.00 bits per heavy atom. The molecule has 5 heteroatoms. The second kappa shape index (κ2) is 4.85. The van der Waals surface area contributed by atoms with Crippen molar-refractivity contribution in [2.24, 2.45) is 0 Å². The normalized spacial score (nSPS) is 10.8. The number of hydrogen-bond donors (Lipinski definition) is 2. The van der Waals surface area contributed by atoms with E-state index in [9.17, 15) is 0 Å². The predicted molar refractivity (Wildman–Crippen MR) is 80.3 cm³/mol. The van der Waals surface area contributed by atoms with Crippen LogP contribution >= 0.6 is 11.3 Å². The Bertz CT molecular complexity index is 720. The van der Waals surface area contributed by atoms with E-state index in [4.69, 9.17) is 5.73 Å². The van der Waals surface area contributed by atoms with Crippen LogP contribution in [-0.4, -0.2) is 9.97 Å². The maximum Gasteiger partial charge on any atom is 0.112 e. The van der Waals surface area contributed by atoms with Crippen molar-refractivity contribution >= 4 is 33.6 Å². The van der Waals surface area contributed by atoms with E-state index in [0.29, 0.717) is 12.2 Å². The number of aryl methyl sites for hydroxylation is 1. The summed E-state index contributed by atoms with van der Waals surface area (Å²) in [5.41, 5.74) is 9.56. The molecule has 3 N–H and O–H groups in total. The number of thiazole rings is 1. The van der Waals surface area contributed by atoms with Gasteiger partial charge in [-0.3, -0.25) is 4.98 Å². The summed E-state index contributed by atoms with van der Waals surface area (Å²) in [6, 6.07) is 7.79. The third-order valence-electron chi connectivity index (χ3n) is 2.90. The van der Waals surface area contributed by atoms with Gasteiger partial charge in [-0.1, -0.05) is 12.1 Å². The lowest BCUT2D eigenvalue weighted by Crippen LogP contribution is -2.00. The molecule has 96 valence electrons. The molecule has 4 nitrogen and oxygen atoms in total. The van der Waals surface area contributed by atoms with Crippen LogP contribution in [0.4, 0.5) is 11.4 Å². The van der Waals surface area contributed by atoms with Crippen molar-refractivity contribution in [3.05, 3.63) is 46.5 Å². The molecule has 1 aromatic carbocycles. The number of hydrogen-bond acceptors (Lipinski definition) is 5. The Kier molecular flexibility index (Phi) is 3.05. The van der Waals surface area contributed by atoms with Crippen LogP contribution in [0.15, 0.2) is 35.8 Å². The van der Waals surface area contributed by atoms with Gasteiger partial charge in [0.25, 0.3) is 0 Å². The molecule has 19 heavy (non-hydrogen) atoms. The standard InChI is InChI=1S/C14H14N4S/c1-9-8-19-13(18-9)7-17-12-5-6-16-14-10(12)3-2-4-11(14)15/h2-6,8H,7,15H2,1H3,(H,16,17). The topological polar surface area (TPSA) is 63.8 Å². The molecule has 0 saturated carbocycles. The number of rotatable bonds is 3. The molecule has 2 heterocycles. The first kappa shape index (κ1) is 11.9. The van der Waals surface area contributed by atoms with Crippen LogP contribution in [0.25, 0.3) is 10.9 Å². The Morgan fingerprint density at radius 2 is 2.21 bits per heavy atom. The number of fused-ring (bicyclic) bond motifs is 1. The zero-order valence-corrected chi connectivity index (χ0v) is 11.4. The van der Waals surface area contributed by atoms with Crippen LogP contribution in [0.3, 0.4) is 0 Å². The van der Waals surface area contributed by atoms with Crippen LogP contribution in [0.5, 0.6) is 0 Å². The van der Waals surface area contributed by atoms with Crippen molar-refractivity contribution in [2.45, 2.75) is 13.5 Å². The molecule has 0 aliphatic heterocycles. The number of pyridine rings is 1. The first-order valence-corrected chi connectivity index (χ1v) is 6.90. The van der Waals surface area contributed by atoms with Gasteiger partial charge in [0.15, 0.2) is 0 Å². The number of nitrogens with one attached hydrogen (secondary N) is 1. The average molecular weight is 270 g/mol. The number of aromatic nitrogens is 2. The summed E-state index contributed by atoms with van der Waals surface area (Å²) >= 11 is 1.66. The maximum absolute atomic E-state index is 5.94. The van der Waals surface area contributed by atoms with Gasteiger partial charge in [0.2, 0.25) is 0 Å². The van der Waals surface area contributed by atoms with Crippen molar-refractivity contribution < 1.29 is 0 Å². The van der Waals surface area contributed by atoms with E-state index in [-0.39, 0.29) is 0 Å². The molecular weight excluding hydrogens is 256 g/mol. The van der Waals surface area contributed by atoms with Gasteiger partial charge in [-0.2, -0.15) is 0 Å². The molecule has 0 saturated heterocycles. The Hall–Kier alpha value is -2.14. The predicted octanol–water partition coefficient (Wildman–Crippen LogP) is 3.19. The highest BCUT2D eigenvalue weighted by atomic mass is 32.1. The van der Waals surface area contributed by atoms with Crippen LogP contribution < -0.4 is 11.1 Å². The van der Waals surface area contributed by atoms with Crippen LogP contribution in [0.2, 0.25) is 0 Å². The summed E-state index contributed by atoms with van der Waals surface area (Å²) in [5.74, 6) is 0. The largest absolute Gasteiger partial charge is 0.397 e. The number of nitrogens with two attached hydrogens (primary N) is 1. The van der Waals surface area contributed by atoms with E-state index in [1.165, 1.54) is 0 Å². The second-order valence-corrected chi connectivity index (χ2v) is 5.28. The molecular formula is C14H14N4S. The van der Waals surface area contributed by atoms with Gasteiger partial charge < -0.3 is 11.1 Å². The third-order valence-corrected chi connectivity index (χ3v) is 3.87. The van der Waals surface area contributed by atoms with Crippen LogP contribution in [0.1, 0.15) is 10.7 Å². The summed E-state index contributed by atoms with van der Waals surface area (Å²) in [5, 5.41) is 7.57. The number of nitrogen functional groups attached to an aromatic ring is 1. The fraction of sp³-hybridized carbons (Fsp3) is 0.143. The fourth-order valence-corrected chi connectivity index (χ4v) is 2.72. The molecule has 0 spiro atoms. The fourth-order valence-electron chi connectivity index (χ4n) is 2.01. The Labute approximate surface area is 115 Å². The van der Waals surface area contributed by atoms with Crippen molar-refractivity contribution in [1.29, 1.82) is 0 Å². The van der Waals surface area contributed by atoms with E-state index >= 15 is 0 Å². The van der Waals surface area contributed by atoms with Crippen molar-refractivity contribution in [2.75, 3.05) is 11.1 Å². The number of benzene rings is 1. The van der Waals surface area contributed by atoms with E-state index in [0.717, 1.165) is 27.3 Å². The van der Waals surface area contributed by atoms with Crippen molar-refractivity contribution in [3.8, 4) is 0 Å². The molecule has 3 aromatic rings. The Morgan fingerprint density at radius 1 is 1.32 bits per heavy atom. The quantitative estimate of drug-likeness (QED) is 0.717. The molecule has 2 aromatic heterocycles. The van der Waals surface area contributed by atoms with E-state index in [2.05, 4.69) is 20.7 Å². The highest BCUT2D eigenvalue weighted by Gasteiger charge is 2.05. The molecule has 0 unspecified atom stereocenters. The van der Waals surface area contributed by atoms with E-state index in [1.807, 2.05) is 31.2 Å². The smallest absolute Gasteiger partial charge is 0.112 e. The first-order valence-electron chi connectivity index (χ1n) is 6.02. The molecule has 0 aliphatic carbocycles. The van der Waals surface area contributed by atoms with Crippen LogP contribution in [0, 0.1) is 6.92 Å². The minimum atomic E-state index is 0.700. The highest BCUT2D eigenvalue weighted by molar-refractivity contribution is 7.09. The minimum absolute atomic E-state index is 0.700. The number of para-hydroxylation sites is 1. The lowest BCUT2D eigenvalue weighted by molar-refractivity contribution is 1.08. The summed E-state index contributed by atoms with van der Waals surface area (Å²) in [6.45, 7) is 2.72. The second-order valence-electron chi connectivity index (χ2n) is 4.34. The third kappa shape index (κ3) is 2.37. The van der Waals surface area contributed by atoms with Crippen LogP contribution in [-0.2, 0) is 6.54 Å². The highest BCUT2D eigenvalue weighted by Crippen LogP contribution is 2.26. The molecule has 3 rings (SSSR count). The zero-order chi connectivity index (χ0) is 13.2. The van der Waals surface area contributed by atoms with E-state index < -0.39 is 0 Å². The summed E-state index contributed by atoms with van der Waals surface area (Å²) < 4.78 is 0. The number of anilines is 2. The van der Waals surface area contributed by atoms with Crippen molar-refractivity contribution in [3.63, 3.8) is 0 Å². The molecule has 0 radical (unpaired) electrons. The average Bonchev–Trinajstić information content (AvgIpc) is 2.83. The SMILES string of the molecule is Cc1csc(CNc2ccnc3c(N)cccc23)n1. The minimum Gasteiger partial charge on any atom is -0.397 e. The summed E-state index contributed by atoms with van der Waals surface area (Å²) in [7, 11) is 0. The monoisotopic (exact) mass is 270 g/mol. The van der Waals surface area contributed by atoms with E-state index in [1.54, 1.807) is 17.5 Å². The molecule has 0 amide bonds. The molecule has 0 atom stereocenters. The zero-order valence-electron chi connectivity index (χ0n) is 10.6. The van der Waals surface area contributed by atoms with Crippen molar-refractivity contribution in [1.82, 2.24) is 9.97 Å². The van der Waals surface area contributed by atoms with Gasteiger partial charge in [0.1, 0.15) is 5.01 Å². The maximum atomic E-state index is 5.94. The lowest BCUT2D eigenvalue weighted by Gasteiger charge is -2.09. The molecule has 0 aliphatic rings. The van der Waals surface area contributed by atoms with Gasteiger partial charge in [-0.25, -0.2) is 4.98 Å². The van der Waals surface area contributed by atoms with Gasteiger partial charge in [-0.15, -0.1) is 11.3 Å². The summed E-state index contributed by atoms with van der Waals surface area (Å²) in [4.78, 5) is 8.76. The summed E-state index contributed by atoms with van der Waals surface area (Å²) in [6.07, 6.45) is 1.77. The van der Waals surface area contributed by atoms with Gasteiger partial charge >= 0.3 is 0 Å². The Balaban J connectivity index is 1.91.